The lowest BCUT2D eigenvalue weighted by Crippen LogP contribution is -2.38. The predicted molar refractivity (Wildman–Crippen MR) is 119 cm³/mol. The largest absolute Gasteiger partial charge is 0.444 e. The number of nitrogens with zero attached hydrogens (tertiary/aromatic N) is 3. The summed E-state index contributed by atoms with van der Waals surface area (Å²) in [5.74, 6) is 0. The molecule has 0 aliphatic carbocycles. The average Bonchev–Trinajstić information content (AvgIpc) is 2.98. The van der Waals surface area contributed by atoms with Crippen LogP contribution in [0.4, 0.5) is 18.0 Å². The molecule has 1 aliphatic heterocycles. The Labute approximate surface area is 190 Å². The Morgan fingerprint density at radius 2 is 1.67 bits per heavy atom. The molecule has 1 aromatic heterocycles. The molecule has 2 aromatic carbocycles. The molecular formula is C25H26F3N3O2. The number of hydrogen-bond acceptors (Lipinski definition) is 3. The molecule has 0 unspecified atom stereocenters. The van der Waals surface area contributed by atoms with E-state index in [1.807, 2.05) is 51.1 Å². The Kier molecular flexibility index (Phi) is 5.95. The highest BCUT2D eigenvalue weighted by molar-refractivity contribution is 5.70. The second-order valence-corrected chi connectivity index (χ2v) is 9.07. The van der Waals surface area contributed by atoms with Gasteiger partial charge in [-0.2, -0.15) is 18.3 Å². The van der Waals surface area contributed by atoms with Crippen LogP contribution in [0.1, 0.15) is 37.6 Å². The van der Waals surface area contributed by atoms with Crippen LogP contribution in [-0.4, -0.2) is 39.5 Å². The van der Waals surface area contributed by atoms with E-state index in [0.717, 1.165) is 34.6 Å². The number of hydrogen-bond donors (Lipinski definition) is 0. The summed E-state index contributed by atoms with van der Waals surface area (Å²) in [5, 5.41) is 4.72. The van der Waals surface area contributed by atoms with E-state index in [-0.39, 0.29) is 6.09 Å². The molecule has 0 fully saturated rings. The summed E-state index contributed by atoms with van der Waals surface area (Å²) in [7, 11) is 0. The van der Waals surface area contributed by atoms with E-state index in [1.165, 1.54) is 6.07 Å². The van der Waals surface area contributed by atoms with E-state index in [0.29, 0.717) is 31.6 Å². The molecule has 0 atom stereocenters. The predicted octanol–water partition coefficient (Wildman–Crippen LogP) is 5.89. The molecule has 5 nitrogen and oxygen atoms in total. The summed E-state index contributed by atoms with van der Waals surface area (Å²) in [4.78, 5) is 14.2. The first-order valence-corrected chi connectivity index (χ1v) is 10.8. The zero-order chi connectivity index (χ0) is 23.8. The number of alkyl halides is 3. The summed E-state index contributed by atoms with van der Waals surface area (Å²) in [5.41, 5.74) is 2.35. The van der Waals surface area contributed by atoms with Crippen LogP contribution in [0.2, 0.25) is 0 Å². The molecule has 0 radical (unpaired) electrons. The van der Waals surface area contributed by atoms with Gasteiger partial charge < -0.3 is 9.64 Å². The van der Waals surface area contributed by atoms with E-state index in [9.17, 15) is 18.0 Å². The van der Waals surface area contributed by atoms with E-state index < -0.39 is 17.3 Å². The zero-order valence-electron chi connectivity index (χ0n) is 18.8. The van der Waals surface area contributed by atoms with Gasteiger partial charge in [-0.15, -0.1) is 0 Å². The SMILES string of the molecule is CC(C)(C)OC(=O)N1CCc2nn(-c3cccc(C(F)(F)F)c3)c(-c3ccccc3)c2CC1. The number of rotatable bonds is 2. The molecule has 1 amide bonds. The van der Waals surface area contributed by atoms with Gasteiger partial charge in [0.05, 0.1) is 22.6 Å². The number of fused-ring (bicyclic) bond motifs is 1. The van der Waals surface area contributed by atoms with Crippen LogP contribution in [0.25, 0.3) is 16.9 Å². The summed E-state index contributed by atoms with van der Waals surface area (Å²) in [6.45, 7) is 6.34. The molecule has 4 rings (SSSR count). The van der Waals surface area contributed by atoms with Gasteiger partial charge in [-0.25, -0.2) is 9.48 Å². The summed E-state index contributed by atoms with van der Waals surface area (Å²) < 4.78 is 47.1. The molecule has 1 aliphatic rings. The smallest absolute Gasteiger partial charge is 0.416 e. The minimum atomic E-state index is -4.44. The maximum Gasteiger partial charge on any atom is 0.416 e. The Morgan fingerprint density at radius 3 is 2.33 bits per heavy atom. The normalized spacial score (nSPS) is 14.5. The van der Waals surface area contributed by atoms with E-state index in [2.05, 4.69) is 0 Å². The molecule has 3 aromatic rings. The molecule has 0 saturated heterocycles. The van der Waals surface area contributed by atoms with Gasteiger partial charge in [0.25, 0.3) is 0 Å². The molecule has 0 bridgehead atoms. The highest BCUT2D eigenvalue weighted by Crippen LogP contribution is 2.34. The topological polar surface area (TPSA) is 47.4 Å². The average molecular weight is 457 g/mol. The number of halogens is 3. The van der Waals surface area contributed by atoms with Crippen molar-refractivity contribution in [3.05, 3.63) is 71.4 Å². The van der Waals surface area contributed by atoms with Gasteiger partial charge >= 0.3 is 12.3 Å². The van der Waals surface area contributed by atoms with Crippen molar-refractivity contribution in [2.75, 3.05) is 13.1 Å². The van der Waals surface area contributed by atoms with Crippen molar-refractivity contribution < 1.29 is 22.7 Å². The molecule has 0 N–H and O–H groups in total. The number of amides is 1. The lowest BCUT2D eigenvalue weighted by Gasteiger charge is -2.26. The number of ether oxygens (including phenoxy) is 1. The van der Waals surface area contributed by atoms with Gasteiger partial charge in [0, 0.05) is 30.6 Å². The summed E-state index contributed by atoms with van der Waals surface area (Å²) in [6.07, 6.45) is -3.81. The Balaban J connectivity index is 1.75. The Morgan fingerprint density at radius 1 is 0.970 bits per heavy atom. The minimum Gasteiger partial charge on any atom is -0.444 e. The molecule has 2 heterocycles. The maximum absolute atomic E-state index is 13.3. The third-order valence-corrected chi connectivity index (χ3v) is 5.43. The molecule has 0 spiro atoms. The number of carbonyl (C=O) groups is 1. The lowest BCUT2D eigenvalue weighted by atomic mass is 10.0. The van der Waals surface area contributed by atoms with Gasteiger partial charge in [0.2, 0.25) is 0 Å². The van der Waals surface area contributed by atoms with Crippen LogP contribution in [0.15, 0.2) is 54.6 Å². The van der Waals surface area contributed by atoms with Crippen molar-refractivity contribution in [1.29, 1.82) is 0 Å². The first-order valence-electron chi connectivity index (χ1n) is 10.8. The fourth-order valence-electron chi connectivity index (χ4n) is 3.96. The zero-order valence-corrected chi connectivity index (χ0v) is 18.8. The lowest BCUT2D eigenvalue weighted by molar-refractivity contribution is -0.137. The summed E-state index contributed by atoms with van der Waals surface area (Å²) in [6, 6.07) is 14.7. The molecule has 0 saturated carbocycles. The van der Waals surface area contributed by atoms with Crippen molar-refractivity contribution in [3.8, 4) is 16.9 Å². The molecular weight excluding hydrogens is 431 g/mol. The first-order chi connectivity index (χ1) is 15.5. The second-order valence-electron chi connectivity index (χ2n) is 9.07. The van der Waals surface area contributed by atoms with Gasteiger partial charge in [-0.1, -0.05) is 36.4 Å². The number of carbonyl (C=O) groups excluding carboxylic acids is 1. The van der Waals surface area contributed by atoms with Crippen molar-refractivity contribution in [2.45, 2.75) is 45.4 Å². The fourth-order valence-corrected chi connectivity index (χ4v) is 3.96. The van der Waals surface area contributed by atoms with Crippen molar-refractivity contribution in [1.82, 2.24) is 14.7 Å². The van der Waals surface area contributed by atoms with Crippen LogP contribution in [0, 0.1) is 0 Å². The highest BCUT2D eigenvalue weighted by Gasteiger charge is 2.32. The molecule has 174 valence electrons. The monoisotopic (exact) mass is 457 g/mol. The van der Waals surface area contributed by atoms with Crippen LogP contribution < -0.4 is 0 Å². The number of benzene rings is 2. The third-order valence-electron chi connectivity index (χ3n) is 5.43. The second kappa shape index (κ2) is 8.57. The van der Waals surface area contributed by atoms with Gasteiger partial charge in [0.1, 0.15) is 5.60 Å². The van der Waals surface area contributed by atoms with Crippen LogP contribution >= 0.6 is 0 Å². The van der Waals surface area contributed by atoms with Crippen LogP contribution in [-0.2, 0) is 23.8 Å². The maximum atomic E-state index is 13.3. The highest BCUT2D eigenvalue weighted by atomic mass is 19.4. The Hall–Kier alpha value is -3.29. The van der Waals surface area contributed by atoms with Crippen molar-refractivity contribution in [3.63, 3.8) is 0 Å². The third kappa shape index (κ3) is 5.05. The van der Waals surface area contributed by atoms with E-state index >= 15 is 0 Å². The standard InChI is InChI=1S/C25H26F3N3O2/c1-24(2,3)33-23(32)30-14-12-20-21(13-15-30)29-31(22(20)17-8-5-4-6-9-17)19-11-7-10-18(16-19)25(26,27)28/h4-11,16H,12-15H2,1-3H3. The van der Waals surface area contributed by atoms with Crippen LogP contribution in [0.3, 0.4) is 0 Å². The van der Waals surface area contributed by atoms with Gasteiger partial charge in [-0.3, -0.25) is 0 Å². The number of aromatic nitrogens is 2. The fraction of sp³-hybridized carbons (Fsp3) is 0.360. The molecule has 8 heteroatoms. The summed E-state index contributed by atoms with van der Waals surface area (Å²) >= 11 is 0. The van der Waals surface area contributed by atoms with E-state index in [4.69, 9.17) is 9.84 Å². The van der Waals surface area contributed by atoms with Gasteiger partial charge in [0.15, 0.2) is 0 Å². The van der Waals surface area contributed by atoms with Crippen LogP contribution in [0.5, 0.6) is 0 Å². The van der Waals surface area contributed by atoms with Crippen molar-refractivity contribution in [2.24, 2.45) is 0 Å². The Bertz CT molecular complexity index is 1150. The van der Waals surface area contributed by atoms with E-state index in [1.54, 1.807) is 15.6 Å². The quantitative estimate of drug-likeness (QED) is 0.482. The van der Waals surface area contributed by atoms with Crippen molar-refractivity contribution >= 4 is 6.09 Å². The minimum absolute atomic E-state index is 0.348. The first kappa shape index (κ1) is 22.9. The van der Waals surface area contributed by atoms with Gasteiger partial charge in [-0.05, 0) is 45.4 Å². The molecule has 33 heavy (non-hydrogen) atoms.